The van der Waals surface area contributed by atoms with Crippen LogP contribution in [0.25, 0.3) is 0 Å². The van der Waals surface area contributed by atoms with Crippen LogP contribution >= 0.6 is 0 Å². The molecule has 1 aliphatic rings. The van der Waals surface area contributed by atoms with E-state index < -0.39 is 12.8 Å². The maximum absolute atomic E-state index is 11.8. The highest BCUT2D eigenvalue weighted by atomic mass is 19.4. The third kappa shape index (κ3) is 6.88. The third-order valence-corrected chi connectivity index (χ3v) is 3.30. The van der Waals surface area contributed by atoms with Crippen molar-refractivity contribution in [2.75, 3.05) is 19.8 Å². The summed E-state index contributed by atoms with van der Waals surface area (Å²) in [6.07, 6.45) is 1.60. The zero-order chi connectivity index (χ0) is 12.7. The Labute approximate surface area is 101 Å². The van der Waals surface area contributed by atoms with E-state index in [-0.39, 0.29) is 6.61 Å². The van der Waals surface area contributed by atoms with Gasteiger partial charge in [-0.2, -0.15) is 13.2 Å². The Morgan fingerprint density at radius 1 is 1.29 bits per heavy atom. The van der Waals surface area contributed by atoms with E-state index >= 15 is 0 Å². The van der Waals surface area contributed by atoms with Gasteiger partial charge in [0.2, 0.25) is 0 Å². The highest BCUT2D eigenvalue weighted by Gasteiger charge is 2.27. The van der Waals surface area contributed by atoms with E-state index in [1.165, 1.54) is 25.7 Å². The fourth-order valence-electron chi connectivity index (χ4n) is 2.32. The zero-order valence-electron chi connectivity index (χ0n) is 10.4. The zero-order valence-corrected chi connectivity index (χ0v) is 10.4. The molecule has 1 fully saturated rings. The molecule has 102 valence electrons. The minimum absolute atomic E-state index is 0.171. The number of halogens is 3. The summed E-state index contributed by atoms with van der Waals surface area (Å²) in [5, 5.41) is 3.36. The minimum atomic E-state index is -4.20. The van der Waals surface area contributed by atoms with Crippen molar-refractivity contribution in [1.82, 2.24) is 5.32 Å². The summed E-state index contributed by atoms with van der Waals surface area (Å²) in [5.74, 6) is 0.742. The lowest BCUT2D eigenvalue weighted by atomic mass is 10.00. The summed E-state index contributed by atoms with van der Waals surface area (Å²) >= 11 is 0. The molecule has 0 heterocycles. The van der Waals surface area contributed by atoms with Gasteiger partial charge in [-0.3, -0.25) is 0 Å². The van der Waals surface area contributed by atoms with Crippen molar-refractivity contribution in [3.63, 3.8) is 0 Å². The van der Waals surface area contributed by atoms with Gasteiger partial charge in [-0.1, -0.05) is 12.8 Å². The van der Waals surface area contributed by atoms with E-state index in [2.05, 4.69) is 17.0 Å². The van der Waals surface area contributed by atoms with Crippen LogP contribution in [-0.2, 0) is 4.74 Å². The summed E-state index contributed by atoms with van der Waals surface area (Å²) in [6.45, 7) is 1.93. The van der Waals surface area contributed by atoms with Crippen molar-refractivity contribution in [2.45, 2.75) is 51.2 Å². The van der Waals surface area contributed by atoms with Crippen molar-refractivity contribution in [3.8, 4) is 0 Å². The normalized spacial score (nSPS) is 19.8. The van der Waals surface area contributed by atoms with E-state index in [0.29, 0.717) is 12.5 Å². The summed E-state index contributed by atoms with van der Waals surface area (Å²) < 4.78 is 39.8. The van der Waals surface area contributed by atoms with Gasteiger partial charge in [-0.05, 0) is 38.6 Å². The molecule has 1 N–H and O–H groups in total. The SMILES string of the molecule is CC(NCCCOCC(F)(F)F)C1CCCC1. The van der Waals surface area contributed by atoms with Crippen LogP contribution in [0.3, 0.4) is 0 Å². The Bertz CT molecular complexity index is 202. The molecular weight excluding hydrogens is 231 g/mol. The molecule has 2 nitrogen and oxygen atoms in total. The first-order valence-corrected chi connectivity index (χ1v) is 6.37. The van der Waals surface area contributed by atoms with E-state index in [1.807, 2.05) is 0 Å². The largest absolute Gasteiger partial charge is 0.411 e. The number of nitrogens with one attached hydrogen (secondary N) is 1. The Balaban J connectivity index is 1.93. The van der Waals surface area contributed by atoms with Gasteiger partial charge in [0.15, 0.2) is 0 Å². The summed E-state index contributed by atoms with van der Waals surface area (Å²) in [4.78, 5) is 0. The second-order valence-electron chi connectivity index (χ2n) is 4.81. The fourth-order valence-corrected chi connectivity index (χ4v) is 2.32. The molecule has 0 amide bonds. The molecule has 1 aliphatic carbocycles. The lowest BCUT2D eigenvalue weighted by Crippen LogP contribution is -2.33. The first-order chi connectivity index (χ1) is 7.99. The molecule has 5 heteroatoms. The average Bonchev–Trinajstić information content (AvgIpc) is 2.74. The van der Waals surface area contributed by atoms with Gasteiger partial charge in [0.25, 0.3) is 0 Å². The summed E-state index contributed by atoms with van der Waals surface area (Å²) in [5.41, 5.74) is 0. The van der Waals surface area contributed by atoms with Crippen molar-refractivity contribution in [3.05, 3.63) is 0 Å². The monoisotopic (exact) mass is 253 g/mol. The topological polar surface area (TPSA) is 21.3 Å². The van der Waals surface area contributed by atoms with Crippen molar-refractivity contribution < 1.29 is 17.9 Å². The minimum Gasteiger partial charge on any atom is -0.372 e. The number of hydrogen-bond donors (Lipinski definition) is 1. The number of alkyl halides is 3. The Hall–Kier alpha value is -0.290. The van der Waals surface area contributed by atoms with Crippen LogP contribution in [-0.4, -0.2) is 32.0 Å². The molecule has 1 saturated carbocycles. The van der Waals surface area contributed by atoms with Crippen LogP contribution in [0.1, 0.15) is 39.0 Å². The molecule has 1 rings (SSSR count). The van der Waals surface area contributed by atoms with Gasteiger partial charge in [0.1, 0.15) is 6.61 Å². The molecule has 0 bridgehead atoms. The van der Waals surface area contributed by atoms with Gasteiger partial charge in [0.05, 0.1) is 0 Å². The molecule has 0 aromatic carbocycles. The third-order valence-electron chi connectivity index (χ3n) is 3.30. The smallest absolute Gasteiger partial charge is 0.372 e. The predicted octanol–water partition coefficient (Wildman–Crippen LogP) is 3.12. The van der Waals surface area contributed by atoms with Gasteiger partial charge < -0.3 is 10.1 Å². The van der Waals surface area contributed by atoms with E-state index in [4.69, 9.17) is 0 Å². The number of hydrogen-bond acceptors (Lipinski definition) is 2. The highest BCUT2D eigenvalue weighted by Crippen LogP contribution is 2.27. The molecule has 0 spiro atoms. The van der Waals surface area contributed by atoms with Gasteiger partial charge >= 0.3 is 6.18 Å². The van der Waals surface area contributed by atoms with Crippen LogP contribution in [0.2, 0.25) is 0 Å². The molecule has 1 unspecified atom stereocenters. The lowest BCUT2D eigenvalue weighted by Gasteiger charge is -2.20. The van der Waals surface area contributed by atoms with Crippen LogP contribution < -0.4 is 5.32 Å². The molecule has 0 aromatic rings. The Morgan fingerprint density at radius 3 is 2.53 bits per heavy atom. The molecule has 0 saturated heterocycles. The summed E-state index contributed by atoms with van der Waals surface area (Å²) in [7, 11) is 0. The first kappa shape index (κ1) is 14.8. The number of rotatable bonds is 7. The van der Waals surface area contributed by atoms with Gasteiger partial charge in [-0.15, -0.1) is 0 Å². The molecule has 1 atom stereocenters. The molecule has 17 heavy (non-hydrogen) atoms. The van der Waals surface area contributed by atoms with Crippen LogP contribution in [0.4, 0.5) is 13.2 Å². The first-order valence-electron chi connectivity index (χ1n) is 6.37. The lowest BCUT2D eigenvalue weighted by molar-refractivity contribution is -0.173. The van der Waals surface area contributed by atoms with Crippen molar-refractivity contribution >= 4 is 0 Å². The molecule has 0 radical (unpaired) electrons. The summed E-state index contributed by atoms with van der Waals surface area (Å²) in [6, 6.07) is 0.472. The Kier molecular flexibility index (Phi) is 6.27. The predicted molar refractivity (Wildman–Crippen MR) is 60.9 cm³/mol. The van der Waals surface area contributed by atoms with E-state index in [0.717, 1.165) is 12.5 Å². The van der Waals surface area contributed by atoms with Gasteiger partial charge in [-0.25, -0.2) is 0 Å². The van der Waals surface area contributed by atoms with Crippen LogP contribution in [0.5, 0.6) is 0 Å². The second kappa shape index (κ2) is 7.21. The molecule has 0 aromatic heterocycles. The fraction of sp³-hybridized carbons (Fsp3) is 1.00. The molecular formula is C12H22F3NO. The van der Waals surface area contributed by atoms with Gasteiger partial charge in [0, 0.05) is 12.6 Å². The van der Waals surface area contributed by atoms with E-state index in [1.54, 1.807) is 0 Å². The van der Waals surface area contributed by atoms with Crippen LogP contribution in [0, 0.1) is 5.92 Å². The van der Waals surface area contributed by atoms with Crippen molar-refractivity contribution in [2.24, 2.45) is 5.92 Å². The highest BCUT2D eigenvalue weighted by molar-refractivity contribution is 4.76. The van der Waals surface area contributed by atoms with Crippen molar-refractivity contribution in [1.29, 1.82) is 0 Å². The quantitative estimate of drug-likeness (QED) is 0.704. The van der Waals surface area contributed by atoms with Crippen LogP contribution in [0.15, 0.2) is 0 Å². The second-order valence-corrected chi connectivity index (χ2v) is 4.81. The maximum atomic E-state index is 11.8. The maximum Gasteiger partial charge on any atom is 0.411 e. The standard InChI is InChI=1S/C12H22F3NO/c1-10(11-5-2-3-6-11)16-7-4-8-17-9-12(13,14)15/h10-11,16H,2-9H2,1H3. The molecule has 0 aliphatic heterocycles. The number of ether oxygens (including phenoxy) is 1. The average molecular weight is 253 g/mol. The Morgan fingerprint density at radius 2 is 1.94 bits per heavy atom. The van der Waals surface area contributed by atoms with E-state index in [9.17, 15) is 13.2 Å².